The number of alkyl halides is 2. The summed E-state index contributed by atoms with van der Waals surface area (Å²) in [5.74, 6) is -0.786. The van der Waals surface area contributed by atoms with Gasteiger partial charge in [-0.15, -0.1) is 23.2 Å². The van der Waals surface area contributed by atoms with E-state index in [1.165, 1.54) is 19.1 Å². The van der Waals surface area contributed by atoms with E-state index in [9.17, 15) is 13.2 Å². The van der Waals surface area contributed by atoms with Gasteiger partial charge in [0.1, 0.15) is 10.3 Å². The van der Waals surface area contributed by atoms with Gasteiger partial charge in [0.15, 0.2) is 5.78 Å². The van der Waals surface area contributed by atoms with E-state index < -0.39 is 26.1 Å². The molecule has 0 amide bonds. The van der Waals surface area contributed by atoms with Crippen LogP contribution < -0.4 is 0 Å². The first-order valence-electron chi connectivity index (χ1n) is 7.18. The molecule has 0 spiro atoms. The van der Waals surface area contributed by atoms with Gasteiger partial charge in [0.05, 0.1) is 15.6 Å². The van der Waals surface area contributed by atoms with Gasteiger partial charge in [0, 0.05) is 5.57 Å². The largest absolute Gasteiger partial charge is 0.291 e. The summed E-state index contributed by atoms with van der Waals surface area (Å²) in [6, 6.07) is 7.73. The van der Waals surface area contributed by atoms with E-state index in [0.29, 0.717) is 5.57 Å². The van der Waals surface area contributed by atoms with Crippen LogP contribution in [0.4, 0.5) is 0 Å². The maximum atomic E-state index is 12.6. The number of hydrogen-bond donors (Lipinski definition) is 0. The van der Waals surface area contributed by atoms with Gasteiger partial charge in [-0.05, 0) is 25.0 Å². The van der Waals surface area contributed by atoms with Crippen LogP contribution in [0.5, 0.6) is 0 Å². The molecule has 0 heterocycles. The number of Topliss-reactive ketones (excluding diaryl/α,β-unsaturated/α-hetero) is 1. The number of nitrogens with zero attached hydrogens (tertiary/aromatic N) is 1. The third kappa shape index (κ3) is 3.40. The highest BCUT2D eigenvalue weighted by Crippen LogP contribution is 2.40. The van der Waals surface area contributed by atoms with Crippen molar-refractivity contribution in [3.8, 4) is 0 Å². The van der Waals surface area contributed by atoms with Gasteiger partial charge < -0.3 is 0 Å². The summed E-state index contributed by atoms with van der Waals surface area (Å²) in [6.45, 7) is 4.95. The van der Waals surface area contributed by atoms with Crippen LogP contribution in [0.2, 0.25) is 0 Å². The summed E-state index contributed by atoms with van der Waals surface area (Å²) in [6.07, 6.45) is 0. The molecule has 1 aliphatic carbocycles. The van der Waals surface area contributed by atoms with Crippen molar-refractivity contribution < 1.29 is 13.2 Å². The average molecular weight is 409 g/mol. The molecular formula is C16H16Cl3NO3S. The van der Waals surface area contributed by atoms with Crippen molar-refractivity contribution in [2.24, 2.45) is 10.3 Å². The fourth-order valence-corrected chi connectivity index (χ4v) is 4.53. The van der Waals surface area contributed by atoms with Crippen LogP contribution in [0.15, 0.2) is 50.2 Å². The molecule has 0 bridgehead atoms. The monoisotopic (exact) mass is 407 g/mol. The maximum absolute atomic E-state index is 12.6. The smallest absolute Gasteiger partial charge is 0.282 e. The number of ketones is 1. The Labute approximate surface area is 156 Å². The van der Waals surface area contributed by atoms with Crippen molar-refractivity contribution in [2.45, 2.75) is 35.9 Å². The van der Waals surface area contributed by atoms with Crippen molar-refractivity contribution in [1.29, 1.82) is 0 Å². The Balaban J connectivity index is 2.72. The van der Waals surface area contributed by atoms with Crippen LogP contribution in [-0.4, -0.2) is 30.2 Å². The topological polar surface area (TPSA) is 63.6 Å². The zero-order valence-corrected chi connectivity index (χ0v) is 16.3. The van der Waals surface area contributed by atoms with Crippen LogP contribution in [0.25, 0.3) is 0 Å². The Morgan fingerprint density at radius 3 is 2.25 bits per heavy atom. The molecule has 1 aromatic rings. The Bertz CT molecular complexity index is 827. The Hall–Kier alpha value is -0.880. The maximum Gasteiger partial charge on any atom is 0.282 e. The lowest BCUT2D eigenvalue weighted by Crippen LogP contribution is -2.49. The number of sulfonamides is 1. The molecule has 0 aliphatic heterocycles. The number of carbonyl (C=O) groups is 1. The Morgan fingerprint density at radius 2 is 1.75 bits per heavy atom. The highest BCUT2D eigenvalue weighted by molar-refractivity contribution is 7.90. The molecule has 0 fully saturated rings. The van der Waals surface area contributed by atoms with E-state index in [0.717, 1.165) is 0 Å². The van der Waals surface area contributed by atoms with Crippen molar-refractivity contribution in [3.05, 3.63) is 40.9 Å². The number of benzene rings is 1. The van der Waals surface area contributed by atoms with E-state index in [4.69, 9.17) is 34.8 Å². The second kappa shape index (κ2) is 6.79. The molecule has 2 atom stereocenters. The van der Waals surface area contributed by atoms with Crippen LogP contribution in [0.1, 0.15) is 20.8 Å². The summed E-state index contributed by atoms with van der Waals surface area (Å²) in [4.78, 5) is 10.8. The summed E-state index contributed by atoms with van der Waals surface area (Å²) in [5, 5.41) is -1.24. The minimum atomic E-state index is -4.01. The Kier molecular flexibility index (Phi) is 5.50. The predicted octanol–water partition coefficient (Wildman–Crippen LogP) is 4.15. The summed E-state index contributed by atoms with van der Waals surface area (Å²) < 4.78 is 29.0. The molecular weight excluding hydrogens is 393 g/mol. The van der Waals surface area contributed by atoms with E-state index >= 15 is 0 Å². The van der Waals surface area contributed by atoms with Gasteiger partial charge in [0.2, 0.25) is 0 Å². The molecule has 1 aromatic carbocycles. The number of rotatable bonds is 3. The lowest BCUT2D eigenvalue weighted by molar-refractivity contribution is -0.117. The van der Waals surface area contributed by atoms with Crippen LogP contribution in [0.3, 0.4) is 0 Å². The molecule has 0 aromatic heterocycles. The molecule has 8 heteroatoms. The number of hydrogen-bond acceptors (Lipinski definition) is 3. The summed E-state index contributed by atoms with van der Waals surface area (Å²) >= 11 is 18.7. The highest BCUT2D eigenvalue weighted by atomic mass is 35.5. The second-order valence-corrected chi connectivity index (χ2v) is 9.12. The normalized spacial score (nSPS) is 27.2. The summed E-state index contributed by atoms with van der Waals surface area (Å²) in [5.41, 5.74) is 0.317. The van der Waals surface area contributed by atoms with Crippen LogP contribution >= 0.6 is 34.8 Å². The van der Waals surface area contributed by atoms with Crippen LogP contribution in [0, 0.1) is 5.92 Å². The van der Waals surface area contributed by atoms with E-state index in [-0.39, 0.29) is 21.6 Å². The van der Waals surface area contributed by atoms with Crippen molar-refractivity contribution in [3.63, 3.8) is 0 Å². The molecule has 0 unspecified atom stereocenters. The molecule has 4 nitrogen and oxygen atoms in total. The van der Waals surface area contributed by atoms with E-state index in [2.05, 4.69) is 4.40 Å². The SMILES string of the molecule is CC(C)C1=C(Cl)C(=O)[C@](C)(Cl)[C@H](Cl)C1=NS(=O)(=O)c1ccccc1. The predicted molar refractivity (Wildman–Crippen MR) is 97.7 cm³/mol. The van der Waals surface area contributed by atoms with Gasteiger partial charge in [-0.3, -0.25) is 4.79 Å². The lowest BCUT2D eigenvalue weighted by atomic mass is 9.82. The number of halogens is 3. The quantitative estimate of drug-likeness (QED) is 0.706. The molecule has 0 radical (unpaired) electrons. The zero-order chi connectivity index (χ0) is 18.3. The molecule has 0 N–H and O–H groups in total. The van der Waals surface area contributed by atoms with Crippen molar-refractivity contribution in [1.82, 2.24) is 0 Å². The van der Waals surface area contributed by atoms with Crippen LogP contribution in [-0.2, 0) is 14.8 Å². The average Bonchev–Trinajstić information content (AvgIpc) is 2.51. The molecule has 130 valence electrons. The third-order valence-electron chi connectivity index (χ3n) is 3.71. The van der Waals surface area contributed by atoms with Gasteiger partial charge in [-0.2, -0.15) is 12.8 Å². The molecule has 0 saturated carbocycles. The van der Waals surface area contributed by atoms with Gasteiger partial charge in [0.25, 0.3) is 10.0 Å². The standard InChI is InChI=1S/C16H16Cl3NO3S/c1-9(2)11-12(17)15(21)16(3,19)14(18)13(11)20-24(22,23)10-7-5-4-6-8-10/h4-9,14H,1-3H3/t14-,16-/m1/s1. The first-order valence-corrected chi connectivity index (χ1v) is 9.81. The first kappa shape index (κ1) is 19.4. The highest BCUT2D eigenvalue weighted by Gasteiger charge is 2.49. The van der Waals surface area contributed by atoms with Gasteiger partial charge in [-0.25, -0.2) is 0 Å². The zero-order valence-electron chi connectivity index (χ0n) is 13.3. The van der Waals surface area contributed by atoms with E-state index in [1.807, 2.05) is 0 Å². The Morgan fingerprint density at radius 1 is 1.21 bits per heavy atom. The molecule has 1 aliphatic rings. The minimum Gasteiger partial charge on any atom is -0.291 e. The van der Waals surface area contributed by atoms with E-state index in [1.54, 1.807) is 32.0 Å². The fraction of sp³-hybridized carbons (Fsp3) is 0.375. The molecule has 2 rings (SSSR count). The minimum absolute atomic E-state index is 0.0117. The van der Waals surface area contributed by atoms with Crippen molar-refractivity contribution in [2.75, 3.05) is 0 Å². The number of carbonyl (C=O) groups excluding carboxylic acids is 1. The fourth-order valence-electron chi connectivity index (χ4n) is 2.38. The third-order valence-corrected chi connectivity index (χ3v) is 6.53. The molecule has 0 saturated heterocycles. The molecule has 24 heavy (non-hydrogen) atoms. The second-order valence-electron chi connectivity index (χ2n) is 5.91. The van der Waals surface area contributed by atoms with Gasteiger partial charge in [-0.1, -0.05) is 43.6 Å². The first-order chi connectivity index (χ1) is 11.0. The van der Waals surface area contributed by atoms with Crippen molar-refractivity contribution >= 4 is 56.3 Å². The van der Waals surface area contributed by atoms with Gasteiger partial charge >= 0.3 is 0 Å². The number of allylic oxidation sites excluding steroid dienone is 2. The lowest BCUT2D eigenvalue weighted by Gasteiger charge is -2.34. The summed E-state index contributed by atoms with van der Waals surface area (Å²) in [7, 11) is -4.01.